The van der Waals surface area contributed by atoms with Crippen LogP contribution >= 0.6 is 15.9 Å². The van der Waals surface area contributed by atoms with E-state index >= 15 is 0 Å². The van der Waals surface area contributed by atoms with Crippen molar-refractivity contribution in [1.82, 2.24) is 24.5 Å². The summed E-state index contributed by atoms with van der Waals surface area (Å²) >= 11 is 3.73. The third-order valence-corrected chi connectivity index (χ3v) is 12.6. The second-order valence-corrected chi connectivity index (χ2v) is 16.8. The lowest BCUT2D eigenvalue weighted by molar-refractivity contribution is 0.269. The summed E-state index contributed by atoms with van der Waals surface area (Å²) in [6.45, 7) is 12.5. The summed E-state index contributed by atoms with van der Waals surface area (Å²) in [6, 6.07) is 20.5. The van der Waals surface area contributed by atoms with Crippen molar-refractivity contribution in [3.8, 4) is 28.2 Å². The molecule has 39 heavy (non-hydrogen) atoms. The summed E-state index contributed by atoms with van der Waals surface area (Å²) in [5.74, 6) is -0.286. The fraction of sp³-hybridized carbons (Fsp3) is 0.300. The van der Waals surface area contributed by atoms with Gasteiger partial charge < -0.3 is 4.43 Å². The van der Waals surface area contributed by atoms with E-state index in [1.807, 2.05) is 36.4 Å². The van der Waals surface area contributed by atoms with E-state index in [0.29, 0.717) is 18.8 Å². The Labute approximate surface area is 238 Å². The highest BCUT2D eigenvalue weighted by atomic mass is 79.9. The molecule has 3 heterocycles. The fourth-order valence-corrected chi connectivity index (χ4v) is 5.97. The van der Waals surface area contributed by atoms with Gasteiger partial charge in [0, 0.05) is 35.0 Å². The maximum atomic E-state index is 13.8. The highest BCUT2D eigenvalue weighted by Gasteiger charge is 2.36. The molecule has 0 aliphatic rings. The first kappa shape index (κ1) is 27.4. The van der Waals surface area contributed by atoms with Crippen molar-refractivity contribution in [1.29, 1.82) is 0 Å². The molecule has 5 rings (SSSR count). The first-order valence-electron chi connectivity index (χ1n) is 13.1. The zero-order chi connectivity index (χ0) is 27.8. The third kappa shape index (κ3) is 5.62. The smallest absolute Gasteiger partial charge is 0.191 e. The van der Waals surface area contributed by atoms with Gasteiger partial charge >= 0.3 is 0 Å². The van der Waals surface area contributed by atoms with Gasteiger partial charge in [-0.2, -0.15) is 15.0 Å². The van der Waals surface area contributed by atoms with E-state index < -0.39 is 8.32 Å². The van der Waals surface area contributed by atoms with Crippen molar-refractivity contribution >= 4 is 35.3 Å². The summed E-state index contributed by atoms with van der Waals surface area (Å²) in [5.41, 5.74) is 4.98. The first-order valence-corrected chi connectivity index (χ1v) is 16.8. The quantitative estimate of drug-likeness (QED) is 0.132. The van der Waals surface area contributed by atoms with Gasteiger partial charge in [-0.25, -0.2) is 9.37 Å². The van der Waals surface area contributed by atoms with Crippen molar-refractivity contribution in [3.63, 3.8) is 0 Å². The van der Waals surface area contributed by atoms with Gasteiger partial charge in [0.25, 0.3) is 0 Å². The Bertz CT molecular complexity index is 1590. The highest BCUT2D eigenvalue weighted by molar-refractivity contribution is 9.10. The van der Waals surface area contributed by atoms with Crippen LogP contribution in [0.4, 0.5) is 4.39 Å². The van der Waals surface area contributed by atoms with Gasteiger partial charge in [-0.15, -0.1) is 0 Å². The van der Waals surface area contributed by atoms with Gasteiger partial charge in [0.1, 0.15) is 22.9 Å². The van der Waals surface area contributed by atoms with Crippen molar-refractivity contribution in [3.05, 3.63) is 83.3 Å². The van der Waals surface area contributed by atoms with E-state index in [1.54, 1.807) is 23.1 Å². The predicted molar refractivity (Wildman–Crippen MR) is 161 cm³/mol. The van der Waals surface area contributed by atoms with Gasteiger partial charge in [0.15, 0.2) is 8.32 Å². The molecular weight excluding hydrogens is 573 g/mol. The minimum Gasteiger partial charge on any atom is -0.417 e. The summed E-state index contributed by atoms with van der Waals surface area (Å²) in [4.78, 5) is 6.44. The minimum absolute atomic E-state index is 0.164. The molecule has 6 nitrogen and oxygen atoms in total. The van der Waals surface area contributed by atoms with E-state index in [4.69, 9.17) is 19.6 Å². The number of rotatable bonds is 8. The lowest BCUT2D eigenvalue weighted by atomic mass is 10.0. The number of fused-ring (bicyclic) bond motifs is 1. The molecular formula is C30H33BrFN5OSi. The van der Waals surface area contributed by atoms with Crippen LogP contribution < -0.4 is 0 Å². The lowest BCUT2D eigenvalue weighted by Gasteiger charge is -2.36. The average Bonchev–Trinajstić information content (AvgIpc) is 3.47. The molecule has 0 aliphatic heterocycles. The number of aromatic nitrogens is 5. The Kier molecular flexibility index (Phi) is 7.59. The topological polar surface area (TPSA) is 57.8 Å². The molecule has 0 unspecified atom stereocenters. The van der Waals surface area contributed by atoms with Gasteiger partial charge in [-0.1, -0.05) is 39.0 Å². The molecule has 0 N–H and O–H groups in total. The van der Waals surface area contributed by atoms with Gasteiger partial charge in [-0.3, -0.25) is 4.57 Å². The number of aryl methyl sites for hydroxylation is 1. The molecule has 0 amide bonds. The van der Waals surface area contributed by atoms with E-state index in [1.165, 1.54) is 12.1 Å². The van der Waals surface area contributed by atoms with Gasteiger partial charge in [0.05, 0.1) is 11.1 Å². The fourth-order valence-electron chi connectivity index (χ4n) is 4.28. The largest absolute Gasteiger partial charge is 0.417 e. The zero-order valence-corrected chi connectivity index (χ0v) is 25.5. The molecule has 0 bridgehead atoms. The second kappa shape index (κ2) is 10.8. The maximum Gasteiger partial charge on any atom is 0.191 e. The van der Waals surface area contributed by atoms with Crippen LogP contribution in [0, 0.1) is 5.82 Å². The SMILES string of the molecule is CC(C)(C)[Si](C)(C)OCCCn1nc(-c2ccc(F)cc2)c(-c2ccnc3c2cc(Br)n3-c2ccccc2)n1. The van der Waals surface area contributed by atoms with Crippen LogP contribution in [-0.4, -0.2) is 39.5 Å². The third-order valence-electron chi connectivity index (χ3n) is 7.47. The Morgan fingerprint density at radius 3 is 2.33 bits per heavy atom. The molecule has 202 valence electrons. The summed E-state index contributed by atoms with van der Waals surface area (Å²) in [6.07, 6.45) is 2.59. The van der Waals surface area contributed by atoms with E-state index in [2.05, 4.69) is 60.4 Å². The van der Waals surface area contributed by atoms with E-state index in [9.17, 15) is 4.39 Å². The highest BCUT2D eigenvalue weighted by Crippen LogP contribution is 2.38. The van der Waals surface area contributed by atoms with Crippen LogP contribution in [0.1, 0.15) is 27.2 Å². The molecule has 0 saturated carbocycles. The number of halogens is 2. The van der Waals surface area contributed by atoms with Crippen LogP contribution in [0.5, 0.6) is 0 Å². The van der Waals surface area contributed by atoms with E-state index in [-0.39, 0.29) is 10.9 Å². The summed E-state index contributed by atoms with van der Waals surface area (Å²) in [5, 5.41) is 10.9. The average molecular weight is 607 g/mol. The molecule has 0 aliphatic carbocycles. The molecule has 0 fully saturated rings. The van der Waals surface area contributed by atoms with Crippen LogP contribution in [0.2, 0.25) is 18.1 Å². The maximum absolute atomic E-state index is 13.8. The molecule has 0 atom stereocenters. The Hall–Kier alpha value is -3.14. The number of hydrogen-bond donors (Lipinski definition) is 0. The first-order chi connectivity index (χ1) is 18.5. The van der Waals surface area contributed by atoms with Crippen LogP contribution in [0.3, 0.4) is 0 Å². The number of para-hydroxylation sites is 1. The molecule has 3 aromatic heterocycles. The number of hydrogen-bond acceptors (Lipinski definition) is 4. The van der Waals surface area contributed by atoms with Crippen LogP contribution in [0.15, 0.2) is 77.5 Å². The summed E-state index contributed by atoms with van der Waals surface area (Å²) in [7, 11) is -1.82. The summed E-state index contributed by atoms with van der Waals surface area (Å²) < 4.78 is 23.1. The standard InChI is InChI=1S/C30H33BrFN5OSi/c1-30(2,3)39(4,5)38-19-9-18-36-34-27(21-12-14-22(32)15-13-21)28(35-36)24-16-17-33-29-25(24)20-26(31)37(29)23-10-7-6-8-11-23/h6-8,10-17,20H,9,18-19H2,1-5H3. The molecule has 5 aromatic rings. The predicted octanol–water partition coefficient (Wildman–Crippen LogP) is 8.26. The zero-order valence-electron chi connectivity index (χ0n) is 22.9. The minimum atomic E-state index is -1.82. The van der Waals surface area contributed by atoms with Crippen molar-refractivity contribution in [2.75, 3.05) is 6.61 Å². The van der Waals surface area contributed by atoms with Crippen molar-refractivity contribution in [2.24, 2.45) is 0 Å². The Morgan fingerprint density at radius 2 is 1.64 bits per heavy atom. The Morgan fingerprint density at radius 1 is 0.949 bits per heavy atom. The molecule has 9 heteroatoms. The molecule has 0 radical (unpaired) electrons. The van der Waals surface area contributed by atoms with Gasteiger partial charge in [0.2, 0.25) is 0 Å². The van der Waals surface area contributed by atoms with E-state index in [0.717, 1.165) is 44.6 Å². The van der Waals surface area contributed by atoms with Crippen molar-refractivity contribution in [2.45, 2.75) is 51.9 Å². The molecule has 0 saturated heterocycles. The lowest BCUT2D eigenvalue weighted by Crippen LogP contribution is -2.41. The molecule has 0 spiro atoms. The second-order valence-electron chi connectivity index (χ2n) is 11.2. The van der Waals surface area contributed by atoms with Crippen LogP contribution in [0.25, 0.3) is 39.2 Å². The van der Waals surface area contributed by atoms with Crippen molar-refractivity contribution < 1.29 is 8.82 Å². The van der Waals surface area contributed by atoms with Crippen LogP contribution in [-0.2, 0) is 11.0 Å². The normalized spacial score (nSPS) is 12.4. The number of benzene rings is 2. The molecule has 2 aromatic carbocycles. The Balaban J connectivity index is 1.53. The van der Waals surface area contributed by atoms with Gasteiger partial charge in [-0.05, 0) is 89.0 Å². The number of pyridine rings is 1. The monoisotopic (exact) mass is 605 g/mol. The number of nitrogens with zero attached hydrogens (tertiary/aromatic N) is 5.